The summed E-state index contributed by atoms with van der Waals surface area (Å²) in [6, 6.07) is 13.0. The Bertz CT molecular complexity index is 912. The Morgan fingerprint density at radius 3 is 2.19 bits per heavy atom. The second-order valence-corrected chi connectivity index (χ2v) is 9.30. The number of amides is 1. The maximum absolute atomic E-state index is 12.3. The average Bonchev–Trinajstić information content (AvgIpc) is 2.59. The molecule has 0 fully saturated rings. The monoisotopic (exact) mass is 453 g/mol. The van der Waals surface area contributed by atoms with Gasteiger partial charge in [-0.05, 0) is 48.4 Å². The number of rotatable bonds is 7. The van der Waals surface area contributed by atoms with E-state index < -0.39 is 10.0 Å². The summed E-state index contributed by atoms with van der Waals surface area (Å²) in [5.41, 5.74) is 3.37. The number of hydrogen-bond donors (Lipinski definition) is 1. The van der Waals surface area contributed by atoms with Crippen molar-refractivity contribution in [2.45, 2.75) is 13.5 Å². The third-order valence-corrected chi connectivity index (χ3v) is 6.09. The second-order valence-electron chi connectivity index (χ2n) is 6.54. The van der Waals surface area contributed by atoms with Crippen LogP contribution in [0, 0.1) is 6.92 Å². The van der Waals surface area contributed by atoms with Gasteiger partial charge in [0.15, 0.2) is 0 Å². The van der Waals surface area contributed by atoms with Crippen LogP contribution in [0.3, 0.4) is 0 Å². The van der Waals surface area contributed by atoms with Gasteiger partial charge in [-0.25, -0.2) is 8.42 Å². The molecule has 2 aromatic rings. The lowest BCUT2D eigenvalue weighted by Gasteiger charge is -2.22. The van der Waals surface area contributed by atoms with E-state index in [-0.39, 0.29) is 12.5 Å². The fourth-order valence-corrected chi connectivity index (χ4v) is 3.58. The first-order chi connectivity index (χ1) is 12.6. The number of nitrogens with zero attached hydrogens (tertiary/aromatic N) is 2. The lowest BCUT2D eigenvalue weighted by molar-refractivity contribution is -0.119. The fraction of sp³-hybridized carbons (Fsp3) is 0.316. The van der Waals surface area contributed by atoms with Crippen molar-refractivity contribution in [3.63, 3.8) is 0 Å². The Balaban J connectivity index is 2.06. The molecule has 0 aromatic heterocycles. The van der Waals surface area contributed by atoms with Gasteiger partial charge in [0.05, 0.1) is 11.9 Å². The van der Waals surface area contributed by atoms with E-state index in [1.807, 2.05) is 50.2 Å². The summed E-state index contributed by atoms with van der Waals surface area (Å²) in [5, 5.41) is 2.78. The molecule has 1 N–H and O–H groups in total. The largest absolute Gasteiger partial charge is 0.378 e. The summed E-state index contributed by atoms with van der Waals surface area (Å²) in [5.74, 6) is -0.363. The molecule has 0 unspecified atom stereocenters. The lowest BCUT2D eigenvalue weighted by Crippen LogP contribution is -2.40. The van der Waals surface area contributed by atoms with Crippen LogP contribution < -0.4 is 14.5 Å². The van der Waals surface area contributed by atoms with Gasteiger partial charge in [0.2, 0.25) is 15.9 Å². The Morgan fingerprint density at radius 1 is 1.07 bits per heavy atom. The second kappa shape index (κ2) is 8.75. The predicted molar refractivity (Wildman–Crippen MR) is 114 cm³/mol. The van der Waals surface area contributed by atoms with Crippen LogP contribution in [0.1, 0.15) is 11.1 Å². The highest BCUT2D eigenvalue weighted by molar-refractivity contribution is 9.10. The zero-order valence-corrected chi connectivity index (χ0v) is 18.3. The number of benzene rings is 2. The number of hydrogen-bond acceptors (Lipinski definition) is 4. The molecule has 1 amide bonds. The first-order valence-electron chi connectivity index (χ1n) is 8.35. The molecule has 0 saturated heterocycles. The molecule has 6 nitrogen and oxygen atoms in total. The van der Waals surface area contributed by atoms with Gasteiger partial charge in [-0.1, -0.05) is 28.1 Å². The highest BCUT2D eigenvalue weighted by atomic mass is 79.9. The molecule has 8 heteroatoms. The van der Waals surface area contributed by atoms with Crippen molar-refractivity contribution >= 4 is 43.2 Å². The van der Waals surface area contributed by atoms with Gasteiger partial charge in [0, 0.05) is 30.8 Å². The molecule has 0 spiro atoms. The maximum Gasteiger partial charge on any atom is 0.241 e. The minimum atomic E-state index is -3.59. The number of sulfonamides is 1. The van der Waals surface area contributed by atoms with Gasteiger partial charge >= 0.3 is 0 Å². The van der Waals surface area contributed by atoms with E-state index in [2.05, 4.69) is 21.2 Å². The molecule has 2 aromatic carbocycles. The van der Waals surface area contributed by atoms with Gasteiger partial charge in [0.25, 0.3) is 0 Å². The van der Waals surface area contributed by atoms with Crippen LogP contribution in [-0.4, -0.2) is 41.2 Å². The zero-order chi connectivity index (χ0) is 20.2. The molecule has 0 aliphatic carbocycles. The number of aryl methyl sites for hydroxylation is 1. The highest BCUT2D eigenvalue weighted by Gasteiger charge is 2.21. The number of carbonyl (C=O) groups is 1. The Hall–Kier alpha value is -2.06. The molecular weight excluding hydrogens is 430 g/mol. The summed E-state index contributed by atoms with van der Waals surface area (Å²) in [6.45, 7) is 1.94. The summed E-state index contributed by atoms with van der Waals surface area (Å²) < 4.78 is 26.3. The van der Waals surface area contributed by atoms with Crippen LogP contribution in [0.15, 0.2) is 46.9 Å². The molecule has 0 heterocycles. The van der Waals surface area contributed by atoms with Crippen LogP contribution in [0.25, 0.3) is 0 Å². The van der Waals surface area contributed by atoms with Crippen molar-refractivity contribution in [3.8, 4) is 0 Å². The van der Waals surface area contributed by atoms with Crippen molar-refractivity contribution in [1.29, 1.82) is 0 Å². The summed E-state index contributed by atoms with van der Waals surface area (Å²) in [6.07, 6.45) is 1.09. The first kappa shape index (κ1) is 21.2. The summed E-state index contributed by atoms with van der Waals surface area (Å²) in [4.78, 5) is 14.3. The SMILES string of the molecule is Cc1cc(N(CC(=O)NCc2ccc(N(C)C)cc2)S(C)(=O)=O)ccc1Br. The van der Waals surface area contributed by atoms with Gasteiger partial charge in [0.1, 0.15) is 6.54 Å². The Kier molecular flexibility index (Phi) is 6.89. The molecule has 0 bridgehead atoms. The van der Waals surface area contributed by atoms with E-state index in [1.54, 1.807) is 18.2 Å². The molecule has 0 aliphatic heterocycles. The van der Waals surface area contributed by atoms with Crippen molar-refractivity contribution in [1.82, 2.24) is 5.32 Å². The number of nitrogens with one attached hydrogen (secondary N) is 1. The van der Waals surface area contributed by atoms with Gasteiger partial charge in [-0.15, -0.1) is 0 Å². The molecule has 0 saturated carbocycles. The summed E-state index contributed by atoms with van der Waals surface area (Å²) >= 11 is 3.39. The summed E-state index contributed by atoms with van der Waals surface area (Å²) in [7, 11) is 0.328. The van der Waals surface area contributed by atoms with Gasteiger partial charge in [-0.2, -0.15) is 0 Å². The molecular formula is C19H24BrN3O3S. The smallest absolute Gasteiger partial charge is 0.241 e. The van der Waals surface area contributed by atoms with Crippen LogP contribution in [0.2, 0.25) is 0 Å². The van der Waals surface area contributed by atoms with E-state index in [4.69, 9.17) is 0 Å². The zero-order valence-electron chi connectivity index (χ0n) is 15.9. The van der Waals surface area contributed by atoms with Crippen molar-refractivity contribution in [2.75, 3.05) is 36.1 Å². The van der Waals surface area contributed by atoms with Gasteiger partial charge in [-0.3, -0.25) is 9.10 Å². The molecule has 0 atom stereocenters. The van der Waals surface area contributed by atoms with Crippen LogP contribution in [-0.2, 0) is 21.4 Å². The maximum atomic E-state index is 12.3. The van der Waals surface area contributed by atoms with Crippen LogP contribution in [0.5, 0.6) is 0 Å². The number of anilines is 2. The molecule has 146 valence electrons. The van der Waals surface area contributed by atoms with Crippen molar-refractivity contribution in [3.05, 3.63) is 58.1 Å². The van der Waals surface area contributed by atoms with E-state index in [9.17, 15) is 13.2 Å². The molecule has 27 heavy (non-hydrogen) atoms. The van der Waals surface area contributed by atoms with Crippen LogP contribution in [0.4, 0.5) is 11.4 Å². The van der Waals surface area contributed by atoms with E-state index in [0.29, 0.717) is 12.2 Å². The van der Waals surface area contributed by atoms with Crippen molar-refractivity contribution in [2.24, 2.45) is 0 Å². The quantitative estimate of drug-likeness (QED) is 0.699. The van der Waals surface area contributed by atoms with Crippen molar-refractivity contribution < 1.29 is 13.2 Å². The predicted octanol–water partition coefficient (Wildman–Crippen LogP) is 2.91. The molecule has 2 rings (SSSR count). The number of carbonyl (C=O) groups excluding carboxylic acids is 1. The van der Waals surface area contributed by atoms with E-state index >= 15 is 0 Å². The highest BCUT2D eigenvalue weighted by Crippen LogP contribution is 2.24. The Morgan fingerprint density at radius 2 is 1.67 bits per heavy atom. The first-order valence-corrected chi connectivity index (χ1v) is 11.0. The third-order valence-electron chi connectivity index (χ3n) is 4.06. The topological polar surface area (TPSA) is 69.7 Å². The number of halogens is 1. The normalized spacial score (nSPS) is 11.1. The van der Waals surface area contributed by atoms with Gasteiger partial charge < -0.3 is 10.2 Å². The fourth-order valence-electron chi connectivity index (χ4n) is 2.48. The minimum Gasteiger partial charge on any atom is -0.378 e. The van der Waals surface area contributed by atoms with Crippen LogP contribution >= 0.6 is 15.9 Å². The van der Waals surface area contributed by atoms with E-state index in [1.165, 1.54) is 0 Å². The third kappa shape index (κ3) is 5.97. The minimum absolute atomic E-state index is 0.268. The average molecular weight is 454 g/mol. The molecule has 0 aliphatic rings. The Labute approximate surface area is 169 Å². The standard InChI is InChI=1S/C19H24BrN3O3S/c1-14-11-17(9-10-18(14)20)23(27(4,25)26)13-19(24)21-12-15-5-7-16(8-6-15)22(2)3/h5-11H,12-13H2,1-4H3,(H,21,24). The molecule has 0 radical (unpaired) electrons. The van der Waals surface area contributed by atoms with E-state index in [0.717, 1.165) is 31.8 Å². The lowest BCUT2D eigenvalue weighted by atomic mass is 10.2.